The van der Waals surface area contributed by atoms with Crippen LogP contribution in [0, 0.1) is 5.82 Å². The van der Waals surface area contributed by atoms with Gasteiger partial charge in [-0.15, -0.1) is 0 Å². The number of aromatic amines is 1. The van der Waals surface area contributed by atoms with E-state index in [1.165, 1.54) is 18.2 Å². The van der Waals surface area contributed by atoms with Crippen LogP contribution in [-0.2, 0) is 6.61 Å². The van der Waals surface area contributed by atoms with E-state index < -0.39 is 29.6 Å². The van der Waals surface area contributed by atoms with Crippen LogP contribution >= 0.6 is 0 Å². The lowest BCUT2D eigenvalue weighted by atomic mass is 10.0. The van der Waals surface area contributed by atoms with Crippen molar-refractivity contribution in [1.29, 1.82) is 0 Å². The van der Waals surface area contributed by atoms with Crippen molar-refractivity contribution in [2.75, 3.05) is 5.32 Å². The number of nitrogens with one attached hydrogen (secondary N) is 2. The van der Waals surface area contributed by atoms with E-state index in [1.54, 1.807) is 30.5 Å². The quantitative estimate of drug-likeness (QED) is 0.658. The monoisotopic (exact) mass is 343 g/mol. The molecule has 1 atom stereocenters. The maximum absolute atomic E-state index is 13.7. The van der Waals surface area contributed by atoms with Gasteiger partial charge in [0.25, 0.3) is 5.82 Å². The van der Waals surface area contributed by atoms with Gasteiger partial charge in [0.15, 0.2) is 11.8 Å². The molecule has 0 fully saturated rings. The molecule has 0 radical (unpaired) electrons. The largest absolute Gasteiger partial charge is 0.502 e. The molecule has 0 amide bonds. The highest BCUT2D eigenvalue weighted by atomic mass is 19.1. The molecule has 0 aliphatic rings. The van der Waals surface area contributed by atoms with Crippen LogP contribution in [0.15, 0.2) is 63.9 Å². The number of H-pyrrole nitrogens is 1. The number of aromatic hydroxyl groups is 1. The summed E-state index contributed by atoms with van der Waals surface area (Å²) in [5, 5.41) is 22.5. The van der Waals surface area contributed by atoms with Crippen molar-refractivity contribution < 1.29 is 24.0 Å². The SMILES string of the molecule is O=c1cc(CO)oc(C(Nc2cccc[nH+]2)c2cccc(F)c2)c1O. The Morgan fingerprint density at radius 2 is 2.04 bits per heavy atom. The third-order valence-electron chi connectivity index (χ3n) is 3.61. The van der Waals surface area contributed by atoms with E-state index in [2.05, 4.69) is 10.3 Å². The molecule has 0 saturated heterocycles. The molecule has 2 heterocycles. The fourth-order valence-corrected chi connectivity index (χ4v) is 2.45. The summed E-state index contributed by atoms with van der Waals surface area (Å²) < 4.78 is 19.1. The maximum atomic E-state index is 13.7. The van der Waals surface area contributed by atoms with Crippen molar-refractivity contribution in [2.45, 2.75) is 12.6 Å². The number of aliphatic hydroxyl groups excluding tert-OH is 1. The summed E-state index contributed by atoms with van der Waals surface area (Å²) in [7, 11) is 0. The number of halogens is 1. The number of hydrogen-bond donors (Lipinski definition) is 3. The molecule has 1 unspecified atom stereocenters. The van der Waals surface area contributed by atoms with E-state index >= 15 is 0 Å². The average Bonchev–Trinajstić information content (AvgIpc) is 2.63. The number of anilines is 1. The Labute approximate surface area is 142 Å². The molecule has 1 aromatic carbocycles. The predicted molar refractivity (Wildman–Crippen MR) is 87.4 cm³/mol. The van der Waals surface area contributed by atoms with Gasteiger partial charge in [-0.3, -0.25) is 10.1 Å². The molecule has 0 aliphatic carbocycles. The van der Waals surface area contributed by atoms with Gasteiger partial charge in [-0.2, -0.15) is 0 Å². The predicted octanol–water partition coefficient (Wildman–Crippen LogP) is 1.99. The van der Waals surface area contributed by atoms with Gasteiger partial charge in [0, 0.05) is 17.7 Å². The highest BCUT2D eigenvalue weighted by Crippen LogP contribution is 2.30. The molecule has 0 aliphatic heterocycles. The zero-order chi connectivity index (χ0) is 17.8. The summed E-state index contributed by atoms with van der Waals surface area (Å²) in [6.07, 6.45) is 1.69. The zero-order valence-corrected chi connectivity index (χ0v) is 13.1. The second-order valence-electron chi connectivity index (χ2n) is 5.36. The zero-order valence-electron chi connectivity index (χ0n) is 13.1. The van der Waals surface area contributed by atoms with E-state index in [0.29, 0.717) is 11.4 Å². The van der Waals surface area contributed by atoms with Crippen molar-refractivity contribution in [3.05, 3.63) is 87.9 Å². The van der Waals surface area contributed by atoms with E-state index in [9.17, 15) is 19.4 Å². The molecule has 0 bridgehead atoms. The van der Waals surface area contributed by atoms with Crippen LogP contribution in [0.5, 0.6) is 5.75 Å². The molecule has 4 N–H and O–H groups in total. The summed E-state index contributed by atoms with van der Waals surface area (Å²) in [5.41, 5.74) is -0.253. The number of hydrogen-bond acceptors (Lipinski definition) is 5. The first-order chi connectivity index (χ1) is 12.1. The molecule has 2 aromatic heterocycles. The van der Waals surface area contributed by atoms with Gasteiger partial charge in [0.2, 0.25) is 11.2 Å². The van der Waals surface area contributed by atoms with Gasteiger partial charge >= 0.3 is 0 Å². The van der Waals surface area contributed by atoms with Crippen LogP contribution in [0.4, 0.5) is 10.2 Å². The molecular formula is C18H16FN2O4+. The lowest BCUT2D eigenvalue weighted by Crippen LogP contribution is -2.20. The third-order valence-corrected chi connectivity index (χ3v) is 3.61. The normalized spacial score (nSPS) is 11.9. The van der Waals surface area contributed by atoms with Crippen LogP contribution in [0.2, 0.25) is 0 Å². The summed E-state index contributed by atoms with van der Waals surface area (Å²) in [4.78, 5) is 14.9. The number of aromatic nitrogens is 1. The lowest BCUT2D eigenvalue weighted by Gasteiger charge is -2.16. The molecule has 7 heteroatoms. The number of aliphatic hydroxyl groups is 1. The topological polar surface area (TPSA) is 96.8 Å². The smallest absolute Gasteiger partial charge is 0.273 e. The first-order valence-corrected chi connectivity index (χ1v) is 7.54. The molecular weight excluding hydrogens is 327 g/mol. The minimum atomic E-state index is -0.853. The second-order valence-corrected chi connectivity index (χ2v) is 5.36. The van der Waals surface area contributed by atoms with Gasteiger partial charge in [-0.25, -0.2) is 9.37 Å². The van der Waals surface area contributed by atoms with Crippen molar-refractivity contribution in [1.82, 2.24) is 0 Å². The van der Waals surface area contributed by atoms with Crippen LogP contribution in [0.3, 0.4) is 0 Å². The van der Waals surface area contributed by atoms with Gasteiger partial charge in [0.05, 0.1) is 6.20 Å². The maximum Gasteiger partial charge on any atom is 0.273 e. The first-order valence-electron chi connectivity index (χ1n) is 7.54. The highest BCUT2D eigenvalue weighted by Gasteiger charge is 2.28. The number of pyridine rings is 1. The molecule has 0 saturated carbocycles. The van der Waals surface area contributed by atoms with Gasteiger partial charge in [-0.1, -0.05) is 18.2 Å². The number of benzene rings is 1. The standard InChI is InChI=1S/C18H15FN2O4/c19-12-5-3-4-11(8-12)16(21-15-6-1-2-7-20-15)18-17(24)14(23)9-13(10-22)25-18/h1-9,16,22,24H,10H2,(H,20,21)/p+1. The van der Waals surface area contributed by atoms with Crippen molar-refractivity contribution in [3.63, 3.8) is 0 Å². The molecule has 3 aromatic rings. The van der Waals surface area contributed by atoms with Crippen molar-refractivity contribution >= 4 is 5.82 Å². The lowest BCUT2D eigenvalue weighted by molar-refractivity contribution is -0.361. The second kappa shape index (κ2) is 7.14. The van der Waals surface area contributed by atoms with Crippen LogP contribution in [0.1, 0.15) is 23.1 Å². The Hall–Kier alpha value is -3.19. The van der Waals surface area contributed by atoms with Gasteiger partial charge < -0.3 is 14.6 Å². The fraction of sp³-hybridized carbons (Fsp3) is 0.111. The third kappa shape index (κ3) is 3.67. The highest BCUT2D eigenvalue weighted by molar-refractivity contribution is 5.43. The Kier molecular flexibility index (Phi) is 4.76. The molecule has 128 valence electrons. The number of rotatable bonds is 5. The van der Waals surface area contributed by atoms with E-state index in [1.807, 2.05) is 0 Å². The Morgan fingerprint density at radius 1 is 1.20 bits per heavy atom. The van der Waals surface area contributed by atoms with Crippen molar-refractivity contribution in [2.24, 2.45) is 0 Å². The van der Waals surface area contributed by atoms with Crippen molar-refractivity contribution in [3.8, 4) is 5.75 Å². The van der Waals surface area contributed by atoms with Crippen LogP contribution in [0.25, 0.3) is 0 Å². The summed E-state index contributed by atoms with van der Waals surface area (Å²) in [6.45, 7) is -0.504. The van der Waals surface area contributed by atoms with Crippen LogP contribution < -0.4 is 15.7 Å². The molecule has 6 nitrogen and oxygen atoms in total. The van der Waals surface area contributed by atoms with Crippen LogP contribution in [-0.4, -0.2) is 10.2 Å². The minimum absolute atomic E-state index is 0.00181. The summed E-state index contributed by atoms with van der Waals surface area (Å²) in [6, 6.07) is 11.2. The molecule has 25 heavy (non-hydrogen) atoms. The van der Waals surface area contributed by atoms with Gasteiger partial charge in [0.1, 0.15) is 18.2 Å². The molecule has 3 rings (SSSR count). The Morgan fingerprint density at radius 3 is 2.72 bits per heavy atom. The van der Waals surface area contributed by atoms with E-state index in [4.69, 9.17) is 4.42 Å². The summed E-state index contributed by atoms with van der Waals surface area (Å²) >= 11 is 0. The fourth-order valence-electron chi connectivity index (χ4n) is 2.45. The minimum Gasteiger partial charge on any atom is -0.502 e. The summed E-state index contributed by atoms with van der Waals surface area (Å²) in [5.74, 6) is -0.623. The molecule has 0 spiro atoms. The van der Waals surface area contributed by atoms with Gasteiger partial charge in [-0.05, 0) is 18.2 Å². The average molecular weight is 343 g/mol. The first kappa shape index (κ1) is 16.7. The van der Waals surface area contributed by atoms with E-state index in [0.717, 1.165) is 6.07 Å². The Bertz CT molecular complexity index is 928. The van der Waals surface area contributed by atoms with E-state index in [-0.39, 0.29) is 11.5 Å². The Balaban J connectivity index is 2.14.